The van der Waals surface area contributed by atoms with Crippen molar-refractivity contribution < 1.29 is 23.4 Å². The number of fused-ring (bicyclic) bond motifs is 1. The van der Waals surface area contributed by atoms with Crippen LogP contribution in [0.1, 0.15) is 62.8 Å². The minimum Gasteiger partial charge on any atom is -0.466 e. The van der Waals surface area contributed by atoms with E-state index in [0.29, 0.717) is 54.4 Å². The molecule has 12 nitrogen and oxygen atoms in total. The second-order valence-electron chi connectivity index (χ2n) is 11.2. The average Bonchev–Trinajstić information content (AvgIpc) is 3.55. The predicted molar refractivity (Wildman–Crippen MR) is 149 cm³/mol. The van der Waals surface area contributed by atoms with Gasteiger partial charge in [-0.25, -0.2) is 18.9 Å². The number of hydrogen-bond donors (Lipinski definition) is 0. The number of imidazole rings is 1. The zero-order valence-corrected chi connectivity index (χ0v) is 24.2. The fourth-order valence-corrected chi connectivity index (χ4v) is 5.01. The van der Waals surface area contributed by atoms with E-state index < -0.39 is 17.5 Å². The van der Waals surface area contributed by atoms with E-state index in [0.717, 1.165) is 11.9 Å². The number of nitrogens with zero attached hydrogens (tertiary/aromatic N) is 8. The van der Waals surface area contributed by atoms with Gasteiger partial charge < -0.3 is 19.1 Å². The SMILES string of the molecule is COCC(Oc1cc(-c2nnn(C3CCN(C(=O)OC(C)(C)C)CC3)c2C)cc2ncc(C#N)n12)c1ccc(F)cn1. The Hall–Kier alpha value is -4.57. The maximum atomic E-state index is 13.5. The van der Waals surface area contributed by atoms with Crippen molar-refractivity contribution >= 4 is 11.7 Å². The smallest absolute Gasteiger partial charge is 0.410 e. The van der Waals surface area contributed by atoms with E-state index in [4.69, 9.17) is 14.2 Å². The number of carbonyl (C=O) groups excluding carboxylic acids is 1. The molecule has 0 radical (unpaired) electrons. The Morgan fingerprint density at radius 2 is 1.95 bits per heavy atom. The van der Waals surface area contributed by atoms with Gasteiger partial charge in [0.15, 0.2) is 6.10 Å². The minimum absolute atomic E-state index is 0.0663. The topological polar surface area (TPSA) is 133 Å². The molecule has 1 aliphatic rings. The summed E-state index contributed by atoms with van der Waals surface area (Å²) in [6, 6.07) is 8.63. The maximum absolute atomic E-state index is 13.5. The summed E-state index contributed by atoms with van der Waals surface area (Å²) >= 11 is 0. The third-order valence-electron chi connectivity index (χ3n) is 7.01. The molecule has 4 aromatic rings. The van der Waals surface area contributed by atoms with Crippen LogP contribution in [0, 0.1) is 24.1 Å². The number of likely N-dealkylation sites (tertiary alicyclic amines) is 1. The average molecular weight is 577 g/mol. The molecule has 0 bridgehead atoms. The lowest BCUT2D eigenvalue weighted by Gasteiger charge is -2.33. The van der Waals surface area contributed by atoms with Crippen molar-refractivity contribution in [3.05, 3.63) is 59.6 Å². The van der Waals surface area contributed by atoms with Crippen LogP contribution >= 0.6 is 0 Å². The zero-order chi connectivity index (χ0) is 30.0. The Morgan fingerprint density at radius 1 is 1.19 bits per heavy atom. The number of halogens is 1. The third kappa shape index (κ3) is 6.03. The number of pyridine rings is 2. The Labute approximate surface area is 242 Å². The normalized spacial score (nSPS) is 15.0. The van der Waals surface area contributed by atoms with Crippen LogP contribution in [0.15, 0.2) is 36.7 Å². The molecule has 1 fully saturated rings. The van der Waals surface area contributed by atoms with E-state index >= 15 is 0 Å². The van der Waals surface area contributed by atoms with Crippen molar-refractivity contribution in [1.29, 1.82) is 5.26 Å². The van der Waals surface area contributed by atoms with Gasteiger partial charge >= 0.3 is 6.09 Å². The van der Waals surface area contributed by atoms with Crippen molar-refractivity contribution in [2.45, 2.75) is 58.3 Å². The number of rotatable bonds is 7. The molecule has 1 atom stereocenters. The monoisotopic (exact) mass is 576 g/mol. The second-order valence-corrected chi connectivity index (χ2v) is 11.2. The first kappa shape index (κ1) is 28.9. The molecule has 1 saturated heterocycles. The highest BCUT2D eigenvalue weighted by molar-refractivity contribution is 5.69. The van der Waals surface area contributed by atoms with Gasteiger partial charge in [0.25, 0.3) is 0 Å². The standard InChI is InChI=1S/C29H33FN8O4/c1-18-27(34-35-38(18)21-8-10-36(11-9-21)28(39)42-29(2,3)4)19-12-25-33-16-22(14-31)37(25)26(13-19)41-24(17-40-5)23-7-6-20(30)15-32-23/h6-7,12-13,15-16,21,24H,8-11,17H2,1-5H3. The van der Waals surface area contributed by atoms with Gasteiger partial charge in [-0.3, -0.25) is 9.38 Å². The van der Waals surface area contributed by atoms with Crippen molar-refractivity contribution in [1.82, 2.24) is 34.3 Å². The summed E-state index contributed by atoms with van der Waals surface area (Å²) in [6.07, 6.45) is 3.02. The first-order valence-electron chi connectivity index (χ1n) is 13.7. The van der Waals surface area contributed by atoms with Crippen LogP contribution in [-0.2, 0) is 9.47 Å². The lowest BCUT2D eigenvalue weighted by Crippen LogP contribution is -2.42. The van der Waals surface area contributed by atoms with Crippen molar-refractivity contribution in [2.24, 2.45) is 0 Å². The summed E-state index contributed by atoms with van der Waals surface area (Å²) in [5.41, 5.74) is 2.88. The molecule has 1 amide bonds. The van der Waals surface area contributed by atoms with Crippen LogP contribution in [0.5, 0.6) is 5.88 Å². The second kappa shape index (κ2) is 11.7. The molecule has 0 aliphatic carbocycles. The van der Waals surface area contributed by atoms with Gasteiger partial charge in [-0.2, -0.15) is 5.26 Å². The van der Waals surface area contributed by atoms with Crippen LogP contribution in [-0.4, -0.2) is 72.8 Å². The third-order valence-corrected chi connectivity index (χ3v) is 7.01. The summed E-state index contributed by atoms with van der Waals surface area (Å²) in [4.78, 5) is 22.8. The van der Waals surface area contributed by atoms with E-state index in [2.05, 4.69) is 26.3 Å². The molecule has 4 aromatic heterocycles. The van der Waals surface area contributed by atoms with Gasteiger partial charge in [-0.15, -0.1) is 5.10 Å². The Bertz CT molecular complexity index is 1610. The van der Waals surface area contributed by atoms with Gasteiger partial charge in [0.05, 0.1) is 36.4 Å². The lowest BCUT2D eigenvalue weighted by atomic mass is 10.0. The highest BCUT2D eigenvalue weighted by atomic mass is 19.1. The zero-order valence-electron chi connectivity index (χ0n) is 24.2. The molecule has 0 spiro atoms. The largest absolute Gasteiger partial charge is 0.466 e. The summed E-state index contributed by atoms with van der Waals surface area (Å²) in [5.74, 6) is -0.140. The molecule has 0 aromatic carbocycles. The number of nitriles is 1. The maximum Gasteiger partial charge on any atom is 0.410 e. The fraction of sp³-hybridized carbons (Fsp3) is 0.448. The Morgan fingerprint density at radius 3 is 2.60 bits per heavy atom. The molecular formula is C29H33FN8O4. The number of aromatic nitrogens is 6. The molecule has 13 heteroatoms. The number of hydrogen-bond acceptors (Lipinski definition) is 9. The van der Waals surface area contributed by atoms with E-state index in [1.54, 1.807) is 15.4 Å². The number of carbonyl (C=O) groups is 1. The number of ether oxygens (including phenoxy) is 3. The predicted octanol–water partition coefficient (Wildman–Crippen LogP) is 4.65. The molecule has 0 saturated carbocycles. The van der Waals surface area contributed by atoms with E-state index in [1.807, 2.05) is 38.4 Å². The van der Waals surface area contributed by atoms with Crippen LogP contribution < -0.4 is 4.74 Å². The minimum atomic E-state index is -0.685. The van der Waals surface area contributed by atoms with Crippen LogP contribution in [0.4, 0.5) is 9.18 Å². The van der Waals surface area contributed by atoms with Gasteiger partial charge in [-0.1, -0.05) is 5.21 Å². The first-order valence-corrected chi connectivity index (χ1v) is 13.7. The van der Waals surface area contributed by atoms with Gasteiger partial charge in [0.2, 0.25) is 5.88 Å². The molecule has 42 heavy (non-hydrogen) atoms. The molecule has 5 rings (SSSR count). The lowest BCUT2D eigenvalue weighted by molar-refractivity contribution is 0.0183. The summed E-state index contributed by atoms with van der Waals surface area (Å²) in [5, 5.41) is 18.7. The van der Waals surface area contributed by atoms with Crippen molar-refractivity contribution in [3.63, 3.8) is 0 Å². The van der Waals surface area contributed by atoms with Crippen LogP contribution in [0.2, 0.25) is 0 Å². The van der Waals surface area contributed by atoms with Gasteiger partial charge in [0, 0.05) is 31.8 Å². The van der Waals surface area contributed by atoms with Crippen molar-refractivity contribution in [2.75, 3.05) is 26.8 Å². The fourth-order valence-electron chi connectivity index (χ4n) is 5.01. The number of amides is 1. The molecule has 1 aliphatic heterocycles. The molecule has 5 heterocycles. The van der Waals surface area contributed by atoms with Crippen LogP contribution in [0.25, 0.3) is 16.9 Å². The quantitative estimate of drug-likeness (QED) is 0.308. The molecule has 1 unspecified atom stereocenters. The van der Waals surface area contributed by atoms with E-state index in [1.165, 1.54) is 25.4 Å². The molecular weight excluding hydrogens is 543 g/mol. The summed E-state index contributed by atoms with van der Waals surface area (Å²) < 4.78 is 34.3. The van der Waals surface area contributed by atoms with E-state index in [-0.39, 0.29) is 24.4 Å². The van der Waals surface area contributed by atoms with Crippen LogP contribution in [0.3, 0.4) is 0 Å². The summed E-state index contributed by atoms with van der Waals surface area (Å²) in [6.45, 7) is 8.76. The van der Waals surface area contributed by atoms with Crippen molar-refractivity contribution in [3.8, 4) is 23.2 Å². The molecule has 0 N–H and O–H groups in total. The molecule has 220 valence electrons. The van der Waals surface area contributed by atoms with Gasteiger partial charge in [-0.05, 0) is 58.7 Å². The number of piperidine rings is 1. The Balaban J connectivity index is 1.43. The Kier molecular flexibility index (Phi) is 8.08. The number of methoxy groups -OCH3 is 1. The van der Waals surface area contributed by atoms with E-state index in [9.17, 15) is 14.4 Å². The van der Waals surface area contributed by atoms with Gasteiger partial charge in [0.1, 0.15) is 34.5 Å². The first-order chi connectivity index (χ1) is 20.1. The highest BCUT2D eigenvalue weighted by Crippen LogP contribution is 2.33. The summed E-state index contributed by atoms with van der Waals surface area (Å²) in [7, 11) is 1.53. The highest BCUT2D eigenvalue weighted by Gasteiger charge is 2.29.